The molecule has 2 N–H and O–H groups in total. The van der Waals surface area contributed by atoms with Crippen LogP contribution < -0.4 is 15.2 Å². The fourth-order valence-corrected chi connectivity index (χ4v) is 3.15. The van der Waals surface area contributed by atoms with Gasteiger partial charge in [-0.15, -0.1) is 0 Å². The van der Waals surface area contributed by atoms with Crippen molar-refractivity contribution < 1.29 is 14.3 Å². The van der Waals surface area contributed by atoms with Crippen LogP contribution in [0.4, 0.5) is 0 Å². The molecule has 1 heterocycles. The van der Waals surface area contributed by atoms with Gasteiger partial charge in [0.05, 0.1) is 0 Å². The number of likely N-dealkylation sites (N-methyl/N-ethyl adjacent to an activating group) is 1. The summed E-state index contributed by atoms with van der Waals surface area (Å²) in [6, 6.07) is 7.59. The third-order valence-electron chi connectivity index (χ3n) is 4.41. The lowest BCUT2D eigenvalue weighted by Crippen LogP contribution is -2.55. The Balaban J connectivity index is 1.68. The van der Waals surface area contributed by atoms with Crippen LogP contribution in [0, 0.1) is 0 Å². The van der Waals surface area contributed by atoms with E-state index in [0.29, 0.717) is 11.5 Å². The highest BCUT2D eigenvalue weighted by Gasteiger charge is 2.35. The van der Waals surface area contributed by atoms with Crippen molar-refractivity contribution in [3.63, 3.8) is 0 Å². The van der Waals surface area contributed by atoms with Crippen LogP contribution in [0.15, 0.2) is 24.3 Å². The Morgan fingerprint density at radius 3 is 2.71 bits per heavy atom. The highest BCUT2D eigenvalue weighted by atomic mass is 16.6. The minimum absolute atomic E-state index is 0.0492. The van der Waals surface area contributed by atoms with Gasteiger partial charge in [0, 0.05) is 19.1 Å². The molecule has 1 fully saturated rings. The molecule has 3 rings (SSSR count). The van der Waals surface area contributed by atoms with Gasteiger partial charge in [-0.25, -0.2) is 0 Å². The molecule has 2 aliphatic rings. The van der Waals surface area contributed by atoms with Crippen LogP contribution in [0.25, 0.3) is 0 Å². The first-order valence-corrected chi connectivity index (χ1v) is 7.57. The molecule has 1 aromatic rings. The number of hydrogen-bond acceptors (Lipinski definition) is 4. The maximum absolute atomic E-state index is 12.6. The lowest BCUT2D eigenvalue weighted by atomic mass is 9.90. The SMILES string of the molecule is CN(C(=O)C1COc2ccccc2O1)C1CCCCC1N. The molecule has 5 heteroatoms. The third kappa shape index (κ3) is 2.83. The summed E-state index contributed by atoms with van der Waals surface area (Å²) >= 11 is 0. The second-order valence-corrected chi connectivity index (χ2v) is 5.83. The van der Waals surface area contributed by atoms with Gasteiger partial charge in [-0.2, -0.15) is 0 Å². The molecule has 0 bridgehead atoms. The smallest absolute Gasteiger partial charge is 0.267 e. The average molecular weight is 290 g/mol. The van der Waals surface area contributed by atoms with Crippen molar-refractivity contribution in [1.82, 2.24) is 4.90 Å². The Bertz CT molecular complexity index is 520. The first-order chi connectivity index (χ1) is 10.2. The lowest BCUT2D eigenvalue weighted by molar-refractivity contribution is -0.143. The topological polar surface area (TPSA) is 64.8 Å². The van der Waals surface area contributed by atoms with Gasteiger partial charge in [-0.1, -0.05) is 25.0 Å². The number of carbonyl (C=O) groups is 1. The largest absolute Gasteiger partial charge is 0.485 e. The highest BCUT2D eigenvalue weighted by Crippen LogP contribution is 2.31. The fourth-order valence-electron chi connectivity index (χ4n) is 3.15. The molecule has 21 heavy (non-hydrogen) atoms. The zero-order valence-corrected chi connectivity index (χ0v) is 12.3. The Morgan fingerprint density at radius 2 is 1.95 bits per heavy atom. The summed E-state index contributed by atoms with van der Waals surface area (Å²) in [6.07, 6.45) is 3.64. The van der Waals surface area contributed by atoms with Crippen molar-refractivity contribution in [3.05, 3.63) is 24.3 Å². The van der Waals surface area contributed by atoms with E-state index in [4.69, 9.17) is 15.2 Å². The minimum Gasteiger partial charge on any atom is -0.485 e. The van der Waals surface area contributed by atoms with Gasteiger partial charge in [-0.05, 0) is 25.0 Å². The molecule has 0 spiro atoms. The molecule has 1 amide bonds. The first-order valence-electron chi connectivity index (χ1n) is 7.57. The number of rotatable bonds is 2. The molecule has 1 saturated carbocycles. The van der Waals surface area contributed by atoms with Crippen LogP contribution >= 0.6 is 0 Å². The Labute approximate surface area is 125 Å². The summed E-state index contributed by atoms with van der Waals surface area (Å²) in [5, 5.41) is 0. The monoisotopic (exact) mass is 290 g/mol. The number of fused-ring (bicyclic) bond motifs is 1. The number of nitrogens with two attached hydrogens (primary N) is 1. The van der Waals surface area contributed by atoms with Gasteiger partial charge in [0.25, 0.3) is 5.91 Å². The van der Waals surface area contributed by atoms with Crippen molar-refractivity contribution in [3.8, 4) is 11.5 Å². The summed E-state index contributed by atoms with van der Waals surface area (Å²) in [6.45, 7) is 0.252. The summed E-state index contributed by atoms with van der Waals surface area (Å²) in [5.41, 5.74) is 6.16. The van der Waals surface area contributed by atoms with E-state index in [0.717, 1.165) is 25.7 Å². The molecule has 0 aromatic heterocycles. The highest BCUT2D eigenvalue weighted by molar-refractivity contribution is 5.82. The minimum atomic E-state index is -0.584. The number of carbonyl (C=O) groups excluding carboxylic acids is 1. The fraction of sp³-hybridized carbons (Fsp3) is 0.562. The quantitative estimate of drug-likeness (QED) is 0.897. The molecule has 1 aliphatic heterocycles. The molecule has 3 atom stereocenters. The second kappa shape index (κ2) is 5.93. The molecular weight excluding hydrogens is 268 g/mol. The first kappa shape index (κ1) is 14.2. The van der Waals surface area contributed by atoms with Crippen LogP contribution in [0.3, 0.4) is 0 Å². The van der Waals surface area contributed by atoms with E-state index in [1.807, 2.05) is 31.3 Å². The maximum Gasteiger partial charge on any atom is 0.267 e. The van der Waals surface area contributed by atoms with Crippen molar-refractivity contribution in [2.75, 3.05) is 13.7 Å². The Hall–Kier alpha value is -1.75. The van der Waals surface area contributed by atoms with Crippen molar-refractivity contribution >= 4 is 5.91 Å². The van der Waals surface area contributed by atoms with E-state index in [2.05, 4.69) is 0 Å². The van der Waals surface area contributed by atoms with E-state index in [1.54, 1.807) is 4.90 Å². The molecule has 0 saturated heterocycles. The molecule has 0 radical (unpaired) electrons. The van der Waals surface area contributed by atoms with E-state index in [1.165, 1.54) is 0 Å². The predicted octanol–water partition coefficient (Wildman–Crippen LogP) is 1.55. The third-order valence-corrected chi connectivity index (χ3v) is 4.41. The number of para-hydroxylation sites is 2. The predicted molar refractivity (Wildman–Crippen MR) is 79.4 cm³/mol. The van der Waals surface area contributed by atoms with Crippen molar-refractivity contribution in [2.45, 2.75) is 43.9 Å². The summed E-state index contributed by atoms with van der Waals surface area (Å²) in [4.78, 5) is 14.4. The molecule has 114 valence electrons. The Kier molecular flexibility index (Phi) is 4.01. The zero-order valence-electron chi connectivity index (χ0n) is 12.3. The number of amides is 1. The van der Waals surface area contributed by atoms with E-state index < -0.39 is 6.10 Å². The average Bonchev–Trinajstić information content (AvgIpc) is 2.53. The van der Waals surface area contributed by atoms with Crippen LogP contribution in [-0.4, -0.2) is 42.6 Å². The van der Waals surface area contributed by atoms with Gasteiger partial charge in [0.15, 0.2) is 11.5 Å². The number of benzene rings is 1. The van der Waals surface area contributed by atoms with Crippen molar-refractivity contribution in [1.29, 1.82) is 0 Å². The lowest BCUT2D eigenvalue weighted by Gasteiger charge is -2.38. The van der Waals surface area contributed by atoms with Gasteiger partial charge in [0.2, 0.25) is 6.10 Å². The van der Waals surface area contributed by atoms with Crippen LogP contribution in [0.2, 0.25) is 0 Å². The Morgan fingerprint density at radius 1 is 1.24 bits per heavy atom. The van der Waals surface area contributed by atoms with Crippen LogP contribution in [0.5, 0.6) is 11.5 Å². The molecule has 5 nitrogen and oxygen atoms in total. The molecular formula is C16H22N2O3. The number of hydrogen-bond donors (Lipinski definition) is 1. The summed E-state index contributed by atoms with van der Waals surface area (Å²) < 4.78 is 11.4. The normalized spacial score (nSPS) is 28.0. The summed E-state index contributed by atoms with van der Waals surface area (Å²) in [5.74, 6) is 1.27. The van der Waals surface area contributed by atoms with Crippen molar-refractivity contribution in [2.24, 2.45) is 5.73 Å². The number of nitrogens with zero attached hydrogens (tertiary/aromatic N) is 1. The molecule has 1 aromatic carbocycles. The van der Waals surface area contributed by atoms with Gasteiger partial charge in [-0.3, -0.25) is 4.79 Å². The summed E-state index contributed by atoms with van der Waals surface area (Å²) in [7, 11) is 1.82. The van der Waals surface area contributed by atoms with E-state index in [9.17, 15) is 4.79 Å². The maximum atomic E-state index is 12.6. The standard InChI is InChI=1S/C16H22N2O3/c1-18(12-7-3-2-6-11(12)17)16(19)15-10-20-13-8-4-5-9-14(13)21-15/h4-5,8-9,11-12,15H,2-3,6-7,10,17H2,1H3. The molecule has 1 aliphatic carbocycles. The van der Waals surface area contributed by atoms with Gasteiger partial charge >= 0.3 is 0 Å². The van der Waals surface area contributed by atoms with Gasteiger partial charge in [0.1, 0.15) is 6.61 Å². The second-order valence-electron chi connectivity index (χ2n) is 5.83. The van der Waals surface area contributed by atoms with Crippen LogP contribution in [-0.2, 0) is 4.79 Å². The van der Waals surface area contributed by atoms with Gasteiger partial charge < -0.3 is 20.1 Å². The van der Waals surface area contributed by atoms with E-state index in [-0.39, 0.29) is 24.6 Å². The molecule has 3 unspecified atom stereocenters. The zero-order chi connectivity index (χ0) is 14.8. The van der Waals surface area contributed by atoms with Crippen LogP contribution in [0.1, 0.15) is 25.7 Å². The van der Waals surface area contributed by atoms with E-state index >= 15 is 0 Å². The number of ether oxygens (including phenoxy) is 2.